The first-order valence-electron chi connectivity index (χ1n) is 6.73. The molecule has 0 aliphatic carbocycles. The molecule has 20 heavy (non-hydrogen) atoms. The van der Waals surface area contributed by atoms with Gasteiger partial charge in [0.05, 0.1) is 0 Å². The topological polar surface area (TPSA) is 21.3 Å². The molecule has 0 saturated carbocycles. The lowest BCUT2D eigenvalue weighted by atomic mass is 10.1. The van der Waals surface area contributed by atoms with E-state index in [1.54, 1.807) is 6.07 Å². The Labute approximate surface area is 119 Å². The van der Waals surface area contributed by atoms with Gasteiger partial charge in [0.25, 0.3) is 0 Å². The van der Waals surface area contributed by atoms with Crippen molar-refractivity contribution in [2.75, 3.05) is 7.05 Å². The van der Waals surface area contributed by atoms with Crippen LogP contribution in [-0.4, -0.2) is 7.05 Å². The molecule has 0 amide bonds. The maximum absolute atomic E-state index is 14.1. The van der Waals surface area contributed by atoms with Crippen molar-refractivity contribution in [3.05, 3.63) is 58.9 Å². The largest absolute Gasteiger partial charge is 0.454 e. The van der Waals surface area contributed by atoms with Crippen molar-refractivity contribution < 1.29 is 9.13 Å². The van der Waals surface area contributed by atoms with E-state index in [-0.39, 0.29) is 11.9 Å². The smallest absolute Gasteiger partial charge is 0.167 e. The summed E-state index contributed by atoms with van der Waals surface area (Å²) in [5.74, 6) is 0.646. The second kappa shape index (κ2) is 6.06. The highest BCUT2D eigenvalue weighted by atomic mass is 19.1. The number of hydrogen-bond donors (Lipinski definition) is 1. The minimum Gasteiger partial charge on any atom is -0.454 e. The summed E-state index contributed by atoms with van der Waals surface area (Å²) in [6.07, 6.45) is 0. The summed E-state index contributed by atoms with van der Waals surface area (Å²) in [7, 11) is 1.84. The molecule has 0 aliphatic rings. The van der Waals surface area contributed by atoms with E-state index in [2.05, 4.69) is 5.32 Å². The molecule has 3 heteroatoms. The van der Waals surface area contributed by atoms with Crippen LogP contribution in [0.2, 0.25) is 0 Å². The summed E-state index contributed by atoms with van der Waals surface area (Å²) in [4.78, 5) is 0. The first-order valence-corrected chi connectivity index (χ1v) is 6.73. The number of hydrogen-bond acceptors (Lipinski definition) is 2. The third-order valence-corrected chi connectivity index (χ3v) is 3.45. The Morgan fingerprint density at radius 1 is 1.15 bits per heavy atom. The number of rotatable bonds is 4. The van der Waals surface area contributed by atoms with E-state index in [1.165, 1.54) is 6.07 Å². The number of para-hydroxylation sites is 1. The Morgan fingerprint density at radius 2 is 1.90 bits per heavy atom. The average Bonchev–Trinajstić information content (AvgIpc) is 2.44. The van der Waals surface area contributed by atoms with Gasteiger partial charge >= 0.3 is 0 Å². The number of nitrogens with one attached hydrogen (secondary N) is 1. The van der Waals surface area contributed by atoms with Gasteiger partial charge < -0.3 is 10.1 Å². The van der Waals surface area contributed by atoms with E-state index in [0.717, 1.165) is 16.7 Å². The fourth-order valence-corrected chi connectivity index (χ4v) is 2.06. The van der Waals surface area contributed by atoms with E-state index >= 15 is 0 Å². The maximum atomic E-state index is 14.1. The van der Waals surface area contributed by atoms with Crippen molar-refractivity contribution in [2.45, 2.75) is 26.8 Å². The zero-order chi connectivity index (χ0) is 14.7. The Balaban J connectivity index is 2.45. The minimum absolute atomic E-state index is 0.0193. The van der Waals surface area contributed by atoms with E-state index < -0.39 is 0 Å². The molecule has 1 N–H and O–H groups in total. The second-order valence-corrected chi connectivity index (χ2v) is 5.04. The summed E-state index contributed by atoms with van der Waals surface area (Å²) >= 11 is 0. The molecule has 0 spiro atoms. The zero-order valence-corrected chi connectivity index (χ0v) is 12.3. The number of aryl methyl sites for hydroxylation is 2. The highest BCUT2D eigenvalue weighted by Crippen LogP contribution is 2.33. The maximum Gasteiger partial charge on any atom is 0.167 e. The van der Waals surface area contributed by atoms with Gasteiger partial charge in [-0.15, -0.1) is 0 Å². The van der Waals surface area contributed by atoms with Crippen molar-refractivity contribution in [3.8, 4) is 11.5 Å². The first kappa shape index (κ1) is 14.5. The Hall–Kier alpha value is -1.87. The van der Waals surface area contributed by atoms with Crippen LogP contribution in [0.4, 0.5) is 4.39 Å². The molecule has 0 saturated heterocycles. The van der Waals surface area contributed by atoms with Crippen LogP contribution >= 0.6 is 0 Å². The van der Waals surface area contributed by atoms with Crippen molar-refractivity contribution in [1.82, 2.24) is 5.32 Å². The molecule has 0 aliphatic heterocycles. The molecule has 2 rings (SSSR count). The average molecular weight is 273 g/mol. The van der Waals surface area contributed by atoms with Crippen molar-refractivity contribution in [3.63, 3.8) is 0 Å². The molecule has 2 aromatic carbocycles. The van der Waals surface area contributed by atoms with Gasteiger partial charge in [-0.25, -0.2) is 4.39 Å². The Kier molecular flexibility index (Phi) is 4.40. The van der Waals surface area contributed by atoms with Gasteiger partial charge in [-0.2, -0.15) is 0 Å². The van der Waals surface area contributed by atoms with Crippen LogP contribution in [0.1, 0.15) is 29.7 Å². The molecular formula is C17H20FNO. The predicted molar refractivity (Wildman–Crippen MR) is 79.9 cm³/mol. The zero-order valence-electron chi connectivity index (χ0n) is 12.3. The quantitative estimate of drug-likeness (QED) is 0.884. The summed E-state index contributed by atoms with van der Waals surface area (Å²) in [6, 6.07) is 10.9. The van der Waals surface area contributed by atoms with Crippen LogP contribution in [0.15, 0.2) is 36.4 Å². The molecule has 0 bridgehead atoms. The van der Waals surface area contributed by atoms with Gasteiger partial charge in [-0.3, -0.25) is 0 Å². The van der Waals surface area contributed by atoms with E-state index in [4.69, 9.17) is 4.74 Å². The van der Waals surface area contributed by atoms with Crippen molar-refractivity contribution in [2.24, 2.45) is 0 Å². The van der Waals surface area contributed by atoms with Crippen molar-refractivity contribution >= 4 is 0 Å². The van der Waals surface area contributed by atoms with Gasteiger partial charge in [0.1, 0.15) is 5.75 Å². The molecule has 2 aromatic rings. The molecule has 0 heterocycles. The van der Waals surface area contributed by atoms with Crippen LogP contribution in [0.5, 0.6) is 11.5 Å². The van der Waals surface area contributed by atoms with Crippen LogP contribution in [0.3, 0.4) is 0 Å². The van der Waals surface area contributed by atoms with E-state index in [9.17, 15) is 4.39 Å². The summed E-state index contributed by atoms with van der Waals surface area (Å²) < 4.78 is 20.0. The normalized spacial score (nSPS) is 12.2. The van der Waals surface area contributed by atoms with Gasteiger partial charge in [-0.1, -0.05) is 24.3 Å². The van der Waals surface area contributed by atoms with Crippen LogP contribution in [0.25, 0.3) is 0 Å². The lowest BCUT2D eigenvalue weighted by Gasteiger charge is -2.18. The molecule has 1 unspecified atom stereocenters. The highest BCUT2D eigenvalue weighted by molar-refractivity contribution is 5.44. The number of halogens is 1. The number of ether oxygens (including phenoxy) is 1. The highest BCUT2D eigenvalue weighted by Gasteiger charge is 2.16. The standard InChI is InChI=1S/C17H20FNO/c1-11-8-9-12(2)16(10-11)20-17-14(13(3)19-4)6-5-7-15(17)18/h5-10,13,19H,1-4H3. The van der Waals surface area contributed by atoms with Gasteiger partial charge in [-0.05, 0) is 51.1 Å². The predicted octanol–water partition coefficient (Wildman–Crippen LogP) is 4.52. The fraction of sp³-hybridized carbons (Fsp3) is 0.294. The SMILES string of the molecule is CNC(C)c1cccc(F)c1Oc1cc(C)ccc1C. The summed E-state index contributed by atoms with van der Waals surface area (Å²) in [5.41, 5.74) is 2.89. The third-order valence-electron chi connectivity index (χ3n) is 3.45. The summed E-state index contributed by atoms with van der Waals surface area (Å²) in [5, 5.41) is 3.11. The molecule has 1 atom stereocenters. The first-order chi connectivity index (χ1) is 9.52. The monoisotopic (exact) mass is 273 g/mol. The summed E-state index contributed by atoms with van der Waals surface area (Å²) in [6.45, 7) is 5.92. The fourth-order valence-electron chi connectivity index (χ4n) is 2.06. The Morgan fingerprint density at radius 3 is 2.60 bits per heavy atom. The molecule has 2 nitrogen and oxygen atoms in total. The van der Waals surface area contributed by atoms with E-state index in [0.29, 0.717) is 11.5 Å². The van der Waals surface area contributed by atoms with Crippen LogP contribution in [0, 0.1) is 19.7 Å². The van der Waals surface area contributed by atoms with Gasteiger partial charge in [0.15, 0.2) is 11.6 Å². The third kappa shape index (κ3) is 2.99. The molecule has 0 fully saturated rings. The van der Waals surface area contributed by atoms with E-state index in [1.807, 2.05) is 52.1 Å². The molecule has 0 radical (unpaired) electrons. The lowest BCUT2D eigenvalue weighted by molar-refractivity contribution is 0.426. The van der Waals surface area contributed by atoms with Gasteiger partial charge in [0, 0.05) is 11.6 Å². The minimum atomic E-state index is -0.342. The Bertz CT molecular complexity index is 610. The molecule has 106 valence electrons. The lowest BCUT2D eigenvalue weighted by Crippen LogP contribution is -2.13. The molecular weight excluding hydrogens is 253 g/mol. The van der Waals surface area contributed by atoms with Gasteiger partial charge in [0.2, 0.25) is 0 Å². The molecule has 0 aromatic heterocycles. The van der Waals surface area contributed by atoms with Crippen LogP contribution < -0.4 is 10.1 Å². The second-order valence-electron chi connectivity index (χ2n) is 5.04. The van der Waals surface area contributed by atoms with Crippen LogP contribution in [-0.2, 0) is 0 Å². The number of benzene rings is 2. The van der Waals surface area contributed by atoms with Crippen molar-refractivity contribution in [1.29, 1.82) is 0 Å².